The number of fused-ring (bicyclic) bond motifs is 1. The Labute approximate surface area is 158 Å². The molecule has 0 spiro atoms. The van der Waals surface area contributed by atoms with Gasteiger partial charge in [-0.05, 0) is 44.0 Å². The standard InChI is InChI=1S/C19H25N3O3S/c1-2-25-17(23)7-5-3-4-6-10-21-19(24)16-12-14-11-13(18(20)26)8-9-15(14)22-16/h8-9,11-12,22H,2-7,10H2,1H3,(H2,20,26)(H,21,24). The molecule has 0 aliphatic carbocycles. The topological polar surface area (TPSA) is 97.2 Å². The van der Waals surface area contributed by atoms with Crippen molar-refractivity contribution in [3.63, 3.8) is 0 Å². The Morgan fingerprint density at radius 2 is 1.96 bits per heavy atom. The molecule has 2 rings (SSSR count). The second-order valence-electron chi connectivity index (χ2n) is 6.07. The number of thiocarbonyl (C=S) groups is 1. The van der Waals surface area contributed by atoms with E-state index in [1.807, 2.05) is 18.2 Å². The number of rotatable bonds is 10. The van der Waals surface area contributed by atoms with Gasteiger partial charge in [-0.1, -0.05) is 25.1 Å². The van der Waals surface area contributed by atoms with Crippen LogP contribution in [0.4, 0.5) is 0 Å². The number of hydrogen-bond acceptors (Lipinski definition) is 4. The molecular formula is C19H25N3O3S. The zero-order valence-electron chi connectivity index (χ0n) is 15.0. The van der Waals surface area contributed by atoms with Crippen LogP contribution in [0.5, 0.6) is 0 Å². The number of nitrogens with two attached hydrogens (primary N) is 1. The smallest absolute Gasteiger partial charge is 0.305 e. The molecule has 0 bridgehead atoms. The largest absolute Gasteiger partial charge is 0.466 e. The van der Waals surface area contributed by atoms with Crippen LogP contribution in [-0.2, 0) is 9.53 Å². The minimum atomic E-state index is -0.141. The van der Waals surface area contributed by atoms with Crippen LogP contribution in [0.1, 0.15) is 55.1 Å². The molecule has 0 radical (unpaired) electrons. The van der Waals surface area contributed by atoms with Gasteiger partial charge < -0.3 is 20.8 Å². The molecule has 0 fully saturated rings. The van der Waals surface area contributed by atoms with E-state index in [0.717, 1.165) is 42.1 Å². The number of benzene rings is 1. The lowest BCUT2D eigenvalue weighted by molar-refractivity contribution is -0.143. The van der Waals surface area contributed by atoms with Crippen LogP contribution in [0, 0.1) is 0 Å². The van der Waals surface area contributed by atoms with Gasteiger partial charge in [0.2, 0.25) is 0 Å². The third-order valence-electron chi connectivity index (χ3n) is 4.05. The molecule has 0 saturated carbocycles. The van der Waals surface area contributed by atoms with Crippen LogP contribution in [0.25, 0.3) is 10.9 Å². The number of H-pyrrole nitrogens is 1. The van der Waals surface area contributed by atoms with Gasteiger partial charge in [0.05, 0.1) is 6.61 Å². The summed E-state index contributed by atoms with van der Waals surface area (Å²) in [5.74, 6) is -0.275. The zero-order valence-corrected chi connectivity index (χ0v) is 15.8. The predicted molar refractivity (Wildman–Crippen MR) is 106 cm³/mol. The fourth-order valence-corrected chi connectivity index (χ4v) is 2.81. The van der Waals surface area contributed by atoms with Crippen LogP contribution in [0.3, 0.4) is 0 Å². The van der Waals surface area contributed by atoms with Gasteiger partial charge in [-0.3, -0.25) is 9.59 Å². The highest BCUT2D eigenvalue weighted by molar-refractivity contribution is 7.80. The van der Waals surface area contributed by atoms with Gasteiger partial charge in [0.25, 0.3) is 5.91 Å². The minimum Gasteiger partial charge on any atom is -0.466 e. The Kier molecular flexibility index (Phi) is 7.59. The van der Waals surface area contributed by atoms with Crippen molar-refractivity contribution < 1.29 is 14.3 Å². The fourth-order valence-electron chi connectivity index (χ4n) is 2.69. The summed E-state index contributed by atoms with van der Waals surface area (Å²) in [5, 5.41) is 3.81. The maximum atomic E-state index is 12.2. The summed E-state index contributed by atoms with van der Waals surface area (Å²) in [6.07, 6.45) is 4.07. The quantitative estimate of drug-likeness (QED) is 0.337. The van der Waals surface area contributed by atoms with Gasteiger partial charge in [0.1, 0.15) is 10.7 Å². The SMILES string of the molecule is CCOC(=O)CCCCCCNC(=O)c1cc2cc(C(N)=S)ccc2[nH]1. The van der Waals surface area contributed by atoms with Crippen molar-refractivity contribution in [2.24, 2.45) is 5.73 Å². The number of hydrogen-bond donors (Lipinski definition) is 3. The van der Waals surface area contributed by atoms with Gasteiger partial charge in [-0.25, -0.2) is 0 Å². The summed E-state index contributed by atoms with van der Waals surface area (Å²) in [6.45, 7) is 2.84. The normalized spacial score (nSPS) is 10.7. The van der Waals surface area contributed by atoms with E-state index in [0.29, 0.717) is 30.3 Å². The molecule has 0 aliphatic rings. The Hall–Kier alpha value is -2.41. The van der Waals surface area contributed by atoms with Gasteiger partial charge in [-0.15, -0.1) is 0 Å². The summed E-state index contributed by atoms with van der Waals surface area (Å²) in [6, 6.07) is 7.36. The van der Waals surface area contributed by atoms with Crippen molar-refractivity contribution in [2.45, 2.75) is 39.0 Å². The zero-order chi connectivity index (χ0) is 18.9. The van der Waals surface area contributed by atoms with Crippen molar-refractivity contribution in [3.05, 3.63) is 35.5 Å². The summed E-state index contributed by atoms with van der Waals surface area (Å²) in [4.78, 5) is 26.9. The number of amides is 1. The fraction of sp³-hybridized carbons (Fsp3) is 0.421. The Bertz CT molecular complexity index is 785. The maximum Gasteiger partial charge on any atom is 0.305 e. The van der Waals surface area contributed by atoms with Gasteiger partial charge >= 0.3 is 5.97 Å². The number of nitrogens with one attached hydrogen (secondary N) is 2. The lowest BCUT2D eigenvalue weighted by atomic mass is 10.1. The first-order valence-corrected chi connectivity index (χ1v) is 9.28. The van der Waals surface area contributed by atoms with E-state index in [1.165, 1.54) is 0 Å². The van der Waals surface area contributed by atoms with E-state index in [2.05, 4.69) is 10.3 Å². The molecule has 1 heterocycles. The van der Waals surface area contributed by atoms with Crippen LogP contribution >= 0.6 is 12.2 Å². The third-order valence-corrected chi connectivity index (χ3v) is 4.28. The summed E-state index contributed by atoms with van der Waals surface area (Å²) < 4.78 is 4.88. The molecule has 1 amide bonds. The first-order chi connectivity index (χ1) is 12.5. The molecule has 1 aromatic carbocycles. The molecule has 1 aromatic heterocycles. The highest BCUT2D eigenvalue weighted by Crippen LogP contribution is 2.17. The predicted octanol–water partition coefficient (Wildman–Crippen LogP) is 3.05. The van der Waals surface area contributed by atoms with Crippen molar-refractivity contribution >= 4 is 40.0 Å². The number of ether oxygens (including phenoxy) is 1. The molecule has 0 aliphatic heterocycles. The van der Waals surface area contributed by atoms with Crippen LogP contribution < -0.4 is 11.1 Å². The highest BCUT2D eigenvalue weighted by atomic mass is 32.1. The monoisotopic (exact) mass is 375 g/mol. The van der Waals surface area contributed by atoms with E-state index in [-0.39, 0.29) is 11.9 Å². The molecule has 2 aromatic rings. The molecule has 0 unspecified atom stereocenters. The number of esters is 1. The van der Waals surface area contributed by atoms with Crippen molar-refractivity contribution in [1.82, 2.24) is 10.3 Å². The average Bonchev–Trinajstić information content (AvgIpc) is 3.04. The van der Waals surface area contributed by atoms with E-state index in [4.69, 9.17) is 22.7 Å². The van der Waals surface area contributed by atoms with E-state index in [9.17, 15) is 9.59 Å². The van der Waals surface area contributed by atoms with Gasteiger partial charge in [-0.2, -0.15) is 0 Å². The van der Waals surface area contributed by atoms with Crippen molar-refractivity contribution in [2.75, 3.05) is 13.2 Å². The minimum absolute atomic E-state index is 0.135. The van der Waals surface area contributed by atoms with Crippen LogP contribution in [0.2, 0.25) is 0 Å². The summed E-state index contributed by atoms with van der Waals surface area (Å²) in [7, 11) is 0. The van der Waals surface area contributed by atoms with Gasteiger partial charge in [0.15, 0.2) is 0 Å². The van der Waals surface area contributed by atoms with E-state index in [1.54, 1.807) is 13.0 Å². The Morgan fingerprint density at radius 3 is 2.69 bits per heavy atom. The van der Waals surface area contributed by atoms with Crippen molar-refractivity contribution in [1.29, 1.82) is 0 Å². The second kappa shape index (κ2) is 9.91. The second-order valence-corrected chi connectivity index (χ2v) is 6.51. The molecule has 140 valence electrons. The van der Waals surface area contributed by atoms with E-state index < -0.39 is 0 Å². The summed E-state index contributed by atoms with van der Waals surface area (Å²) in [5.41, 5.74) is 7.80. The lowest BCUT2D eigenvalue weighted by Crippen LogP contribution is -2.24. The third kappa shape index (κ3) is 5.84. The number of unbranched alkanes of at least 4 members (excludes halogenated alkanes) is 3. The van der Waals surface area contributed by atoms with Crippen LogP contribution in [0.15, 0.2) is 24.3 Å². The number of aromatic amines is 1. The number of carbonyl (C=O) groups excluding carboxylic acids is 2. The van der Waals surface area contributed by atoms with Crippen molar-refractivity contribution in [3.8, 4) is 0 Å². The maximum absolute atomic E-state index is 12.2. The van der Waals surface area contributed by atoms with Gasteiger partial charge in [0, 0.05) is 29.4 Å². The molecule has 26 heavy (non-hydrogen) atoms. The summed E-state index contributed by atoms with van der Waals surface area (Å²) >= 11 is 4.97. The molecular weight excluding hydrogens is 350 g/mol. The number of aromatic nitrogens is 1. The molecule has 7 heteroatoms. The molecule has 0 atom stereocenters. The van der Waals surface area contributed by atoms with Crippen LogP contribution in [-0.4, -0.2) is 35.0 Å². The lowest BCUT2D eigenvalue weighted by Gasteiger charge is -2.04. The Morgan fingerprint density at radius 1 is 1.19 bits per heavy atom. The average molecular weight is 375 g/mol. The first kappa shape index (κ1) is 19.9. The molecule has 4 N–H and O–H groups in total. The highest BCUT2D eigenvalue weighted by Gasteiger charge is 2.10. The molecule has 0 saturated heterocycles. The molecule has 6 nitrogen and oxygen atoms in total. The van der Waals surface area contributed by atoms with E-state index >= 15 is 0 Å². The number of carbonyl (C=O) groups is 2. The Balaban J connectivity index is 1.72. The first-order valence-electron chi connectivity index (χ1n) is 8.87.